The summed E-state index contributed by atoms with van der Waals surface area (Å²) in [6, 6.07) is 14.5. The van der Waals surface area contributed by atoms with E-state index in [1.165, 1.54) is 5.56 Å². The largest absolute Gasteiger partial charge is 0.444 e. The van der Waals surface area contributed by atoms with Crippen LogP contribution in [0.5, 0.6) is 0 Å². The summed E-state index contributed by atoms with van der Waals surface area (Å²) in [6.45, 7) is 9.59. The summed E-state index contributed by atoms with van der Waals surface area (Å²) in [4.78, 5) is 24.5. The Morgan fingerprint density at radius 2 is 1.42 bits per heavy atom. The molecule has 2 aromatic rings. The Balaban J connectivity index is 2.12. The van der Waals surface area contributed by atoms with E-state index in [0.29, 0.717) is 22.9 Å². The van der Waals surface area contributed by atoms with Crippen molar-refractivity contribution in [1.29, 1.82) is 0 Å². The Kier molecular flexibility index (Phi) is 6.03. The van der Waals surface area contributed by atoms with Gasteiger partial charge in [0.1, 0.15) is 5.60 Å². The van der Waals surface area contributed by atoms with E-state index in [9.17, 15) is 9.59 Å². The molecule has 2 rings (SSSR count). The summed E-state index contributed by atoms with van der Waals surface area (Å²) >= 11 is 0. The minimum Gasteiger partial charge on any atom is -0.444 e. The van der Waals surface area contributed by atoms with E-state index >= 15 is 0 Å². The molecule has 2 aromatic carbocycles. The fourth-order valence-electron chi connectivity index (χ4n) is 2.33. The van der Waals surface area contributed by atoms with Crippen molar-refractivity contribution in [3.63, 3.8) is 0 Å². The highest BCUT2D eigenvalue weighted by Gasteiger charge is 2.17. The van der Waals surface area contributed by atoms with Gasteiger partial charge in [0.2, 0.25) is 0 Å². The van der Waals surface area contributed by atoms with Gasteiger partial charge >= 0.3 is 6.09 Å². The molecule has 2 N–H and O–H groups in total. The Hall–Kier alpha value is -2.82. The monoisotopic (exact) mass is 354 g/mol. The molecule has 2 amide bonds. The van der Waals surface area contributed by atoms with Crippen LogP contribution in [0.2, 0.25) is 0 Å². The molecule has 0 aromatic heterocycles. The van der Waals surface area contributed by atoms with Crippen LogP contribution in [0.4, 0.5) is 16.2 Å². The fraction of sp³-hybridized carbons (Fsp3) is 0.333. The van der Waals surface area contributed by atoms with Crippen molar-refractivity contribution < 1.29 is 14.3 Å². The normalized spacial score (nSPS) is 11.2. The number of benzene rings is 2. The SMILES string of the molecule is CC(C)c1ccc(C(=O)Nc2ccccc2NC(=O)OC(C)(C)C)cc1. The molecule has 0 fully saturated rings. The summed E-state index contributed by atoms with van der Waals surface area (Å²) in [5.41, 5.74) is 2.13. The number of nitrogens with one attached hydrogen (secondary N) is 2. The second kappa shape index (κ2) is 8.04. The molecule has 138 valence electrons. The molecule has 0 atom stereocenters. The van der Waals surface area contributed by atoms with Gasteiger partial charge in [0.05, 0.1) is 11.4 Å². The van der Waals surface area contributed by atoms with Crippen molar-refractivity contribution in [3.05, 3.63) is 59.7 Å². The lowest BCUT2D eigenvalue weighted by Crippen LogP contribution is -2.27. The smallest absolute Gasteiger partial charge is 0.412 e. The molecule has 0 radical (unpaired) electrons. The van der Waals surface area contributed by atoms with Crippen LogP contribution >= 0.6 is 0 Å². The van der Waals surface area contributed by atoms with Crippen LogP contribution in [0.1, 0.15) is 56.5 Å². The molecule has 0 unspecified atom stereocenters. The summed E-state index contributed by atoms with van der Waals surface area (Å²) in [5, 5.41) is 5.51. The first-order valence-electron chi connectivity index (χ1n) is 8.66. The maximum Gasteiger partial charge on any atom is 0.412 e. The van der Waals surface area contributed by atoms with Gasteiger partial charge in [0, 0.05) is 5.56 Å². The first kappa shape index (κ1) is 19.5. The summed E-state index contributed by atoms with van der Waals surface area (Å²) in [5.74, 6) is 0.171. The van der Waals surface area contributed by atoms with E-state index in [-0.39, 0.29) is 5.91 Å². The first-order chi connectivity index (χ1) is 12.2. The van der Waals surface area contributed by atoms with Crippen LogP contribution in [0.25, 0.3) is 0 Å². The van der Waals surface area contributed by atoms with Gasteiger partial charge in [-0.3, -0.25) is 10.1 Å². The maximum atomic E-state index is 12.5. The molecule has 5 heteroatoms. The molecule has 0 spiro atoms. The van der Waals surface area contributed by atoms with Crippen molar-refractivity contribution in [2.75, 3.05) is 10.6 Å². The number of para-hydroxylation sites is 2. The van der Waals surface area contributed by atoms with E-state index in [1.807, 2.05) is 12.1 Å². The van der Waals surface area contributed by atoms with Gasteiger partial charge in [-0.25, -0.2) is 4.79 Å². The van der Waals surface area contributed by atoms with Gasteiger partial charge in [0.15, 0.2) is 0 Å². The predicted molar refractivity (Wildman–Crippen MR) is 105 cm³/mol. The van der Waals surface area contributed by atoms with Gasteiger partial charge in [-0.05, 0) is 56.5 Å². The number of carbonyl (C=O) groups excluding carboxylic acids is 2. The van der Waals surface area contributed by atoms with Crippen LogP contribution in [0.15, 0.2) is 48.5 Å². The summed E-state index contributed by atoms with van der Waals surface area (Å²) < 4.78 is 5.26. The molecule has 0 saturated heterocycles. The summed E-state index contributed by atoms with van der Waals surface area (Å²) in [6.07, 6.45) is -0.569. The molecule has 0 aliphatic heterocycles. The highest BCUT2D eigenvalue weighted by Crippen LogP contribution is 2.23. The molecule has 0 aliphatic carbocycles. The van der Waals surface area contributed by atoms with Crippen LogP contribution in [-0.2, 0) is 4.74 Å². The molecule has 0 aliphatic rings. The standard InChI is InChI=1S/C21H26N2O3/c1-14(2)15-10-12-16(13-11-15)19(24)22-17-8-6-7-9-18(17)23-20(25)26-21(3,4)5/h6-14H,1-5H3,(H,22,24)(H,23,25). The first-order valence-corrected chi connectivity index (χ1v) is 8.66. The minimum absolute atomic E-state index is 0.237. The molecular formula is C21H26N2O3. The molecule has 0 heterocycles. The van der Waals surface area contributed by atoms with Crippen LogP contribution in [-0.4, -0.2) is 17.6 Å². The van der Waals surface area contributed by atoms with Gasteiger partial charge in [0.25, 0.3) is 5.91 Å². The number of hydrogen-bond donors (Lipinski definition) is 2. The number of rotatable bonds is 4. The number of amides is 2. The Morgan fingerprint density at radius 1 is 0.885 bits per heavy atom. The van der Waals surface area contributed by atoms with E-state index in [4.69, 9.17) is 4.74 Å². The molecule has 0 saturated carbocycles. The minimum atomic E-state index is -0.597. The Morgan fingerprint density at radius 3 is 1.92 bits per heavy atom. The third kappa shape index (κ3) is 5.62. The number of ether oxygens (including phenoxy) is 1. The zero-order valence-electron chi connectivity index (χ0n) is 15.9. The average molecular weight is 354 g/mol. The van der Waals surface area contributed by atoms with Crippen LogP contribution < -0.4 is 10.6 Å². The zero-order chi connectivity index (χ0) is 19.3. The van der Waals surface area contributed by atoms with E-state index in [0.717, 1.165) is 0 Å². The van der Waals surface area contributed by atoms with Gasteiger partial charge in [-0.2, -0.15) is 0 Å². The third-order valence-electron chi connectivity index (χ3n) is 3.65. The zero-order valence-corrected chi connectivity index (χ0v) is 15.9. The highest BCUT2D eigenvalue weighted by atomic mass is 16.6. The summed E-state index contributed by atoms with van der Waals surface area (Å²) in [7, 11) is 0. The van der Waals surface area contributed by atoms with Crippen LogP contribution in [0, 0.1) is 0 Å². The van der Waals surface area contributed by atoms with Crippen molar-refractivity contribution >= 4 is 23.4 Å². The highest BCUT2D eigenvalue weighted by molar-refractivity contribution is 6.06. The quantitative estimate of drug-likeness (QED) is 0.771. The molecule has 26 heavy (non-hydrogen) atoms. The Bertz CT molecular complexity index is 775. The van der Waals surface area contributed by atoms with Gasteiger partial charge < -0.3 is 10.1 Å². The lowest BCUT2D eigenvalue weighted by atomic mass is 10.0. The predicted octanol–water partition coefficient (Wildman–Crippen LogP) is 5.41. The van der Waals surface area contributed by atoms with Gasteiger partial charge in [-0.15, -0.1) is 0 Å². The number of carbonyl (C=O) groups is 2. The fourth-order valence-corrected chi connectivity index (χ4v) is 2.33. The second-order valence-electron chi connectivity index (χ2n) is 7.40. The topological polar surface area (TPSA) is 67.4 Å². The van der Waals surface area contributed by atoms with Gasteiger partial charge in [-0.1, -0.05) is 38.1 Å². The molecule has 5 nitrogen and oxygen atoms in total. The molecular weight excluding hydrogens is 328 g/mol. The number of anilines is 2. The van der Waals surface area contributed by atoms with Crippen molar-refractivity contribution in [1.82, 2.24) is 0 Å². The van der Waals surface area contributed by atoms with Crippen LogP contribution in [0.3, 0.4) is 0 Å². The van der Waals surface area contributed by atoms with E-state index in [1.54, 1.807) is 57.2 Å². The van der Waals surface area contributed by atoms with Crippen molar-refractivity contribution in [2.45, 2.75) is 46.1 Å². The van der Waals surface area contributed by atoms with Crippen molar-refractivity contribution in [3.8, 4) is 0 Å². The van der Waals surface area contributed by atoms with E-state index in [2.05, 4.69) is 24.5 Å². The van der Waals surface area contributed by atoms with E-state index < -0.39 is 11.7 Å². The average Bonchev–Trinajstić information content (AvgIpc) is 2.55. The maximum absolute atomic E-state index is 12.5. The lowest BCUT2D eigenvalue weighted by molar-refractivity contribution is 0.0635. The molecule has 0 bridgehead atoms. The Labute approximate surface area is 154 Å². The second-order valence-corrected chi connectivity index (χ2v) is 7.40. The number of hydrogen-bond acceptors (Lipinski definition) is 3. The lowest BCUT2D eigenvalue weighted by Gasteiger charge is -2.20. The van der Waals surface area contributed by atoms with Crippen molar-refractivity contribution in [2.24, 2.45) is 0 Å². The third-order valence-corrected chi connectivity index (χ3v) is 3.65.